The molecule has 1 N–H and O–H groups in total. The molecule has 2 aliphatic heterocycles. The summed E-state index contributed by atoms with van der Waals surface area (Å²) in [6, 6.07) is -0.412. The Kier molecular flexibility index (Phi) is 1.73. The Bertz CT molecular complexity index is 1230. The molecule has 0 radical (unpaired) electrons. The molecule has 0 bridgehead atoms. The molecule has 1 atom stereocenters. The largest absolute Gasteiger partial charge is 0.345 e. The Labute approximate surface area is 148 Å². The summed E-state index contributed by atoms with van der Waals surface area (Å²) in [7, 11) is 0. The molecule has 0 spiro atoms. The maximum atomic E-state index is 9.47. The second kappa shape index (κ2) is 5.84. The van der Waals surface area contributed by atoms with Crippen molar-refractivity contribution in [2.45, 2.75) is 38.0 Å². The summed E-state index contributed by atoms with van der Waals surface area (Å²) in [5, 5.41) is 13.6. The van der Waals surface area contributed by atoms with Crippen molar-refractivity contribution < 1.29 is 13.7 Å². The zero-order chi connectivity index (χ0) is 24.6. The predicted molar refractivity (Wildman–Crippen MR) is 85.5 cm³/mol. The van der Waals surface area contributed by atoms with Gasteiger partial charge in [0.1, 0.15) is 1.37 Å². The number of H-pyrrole nitrogens is 1. The third-order valence-electron chi connectivity index (χ3n) is 3.66. The van der Waals surface area contributed by atoms with Gasteiger partial charge >= 0.3 is 0 Å². The monoisotopic (exact) mass is 316 g/mol. The summed E-state index contributed by atoms with van der Waals surface area (Å²) in [4.78, 5) is 10.4. The van der Waals surface area contributed by atoms with E-state index in [-0.39, 0.29) is 41.2 Å². The molecular formula is C17H18N6. The van der Waals surface area contributed by atoms with E-state index in [1.54, 1.807) is 0 Å². The van der Waals surface area contributed by atoms with Gasteiger partial charge in [0, 0.05) is 33.1 Å². The molecular weight excluding hydrogens is 288 g/mol. The van der Waals surface area contributed by atoms with Gasteiger partial charge in [0.05, 0.1) is 39.4 Å². The summed E-state index contributed by atoms with van der Waals surface area (Å²) in [6.45, 7) is 0. The molecule has 116 valence electrons. The van der Waals surface area contributed by atoms with Crippen LogP contribution in [0.25, 0.3) is 22.6 Å². The number of nitriles is 1. The van der Waals surface area contributed by atoms with Gasteiger partial charge in [0.25, 0.3) is 0 Å². The van der Waals surface area contributed by atoms with Gasteiger partial charge in [-0.25, -0.2) is 9.97 Å². The Hall–Kier alpha value is -2.68. The third-order valence-corrected chi connectivity index (χ3v) is 3.66. The molecule has 3 aliphatic rings. The molecule has 3 heterocycles. The van der Waals surface area contributed by atoms with Crippen LogP contribution in [0.15, 0.2) is 30.9 Å². The standard InChI is InChI=1S/C17H18N6/c18-7-5-15(12-3-1-2-4-12)23-10-13(9-22-23)16-14-6-8-19-17(14)21-11-20-16/h6,8-12,15H,1-5H2,(H,19,20,21)/t15-/m1/s1/i1D2,2D2,5D2,6D,8D,11D,12D. The second-order valence-corrected chi connectivity index (χ2v) is 5.00. The lowest BCUT2D eigenvalue weighted by atomic mass is 9.96. The SMILES string of the molecule is [2H]c1nc2nc([2H])c([2H])c-2c(-c2cnn([C@H](C([2H])([2H])C#N)C3([2H])CC([2H])([2H])C([2H])([2H])C3)c2)[nH]1. The van der Waals surface area contributed by atoms with Gasteiger partial charge in [-0.15, -0.1) is 0 Å². The molecule has 0 amide bonds. The molecule has 0 saturated heterocycles. The molecule has 6 heteroatoms. The molecule has 23 heavy (non-hydrogen) atoms. The molecule has 0 unspecified atom stereocenters. The van der Waals surface area contributed by atoms with Gasteiger partial charge in [-0.05, 0) is 24.8 Å². The van der Waals surface area contributed by atoms with Gasteiger partial charge in [0.2, 0.25) is 0 Å². The fraction of sp³-hybridized carbons (Fsp3) is 0.412. The first kappa shape index (κ1) is 6.83. The number of fused-ring (bicyclic) bond motifs is 1. The van der Waals surface area contributed by atoms with Crippen molar-refractivity contribution in [3.8, 4) is 28.7 Å². The molecule has 1 aliphatic carbocycles. The lowest BCUT2D eigenvalue weighted by molar-refractivity contribution is 0.315. The lowest BCUT2D eigenvalue weighted by Gasteiger charge is -2.21. The average molecular weight is 316 g/mol. The van der Waals surface area contributed by atoms with Crippen LogP contribution in [0.3, 0.4) is 0 Å². The van der Waals surface area contributed by atoms with Crippen molar-refractivity contribution in [3.05, 3.63) is 30.9 Å². The van der Waals surface area contributed by atoms with Crippen molar-refractivity contribution in [3.63, 3.8) is 0 Å². The van der Waals surface area contributed by atoms with Gasteiger partial charge < -0.3 is 4.98 Å². The zero-order valence-corrected chi connectivity index (χ0v) is 11.9. The normalized spacial score (nSPS) is 29.3. The second-order valence-electron chi connectivity index (χ2n) is 5.00. The summed E-state index contributed by atoms with van der Waals surface area (Å²) < 4.78 is 81.9. The Morgan fingerprint density at radius 1 is 1.57 bits per heavy atom. The highest BCUT2D eigenvalue weighted by Crippen LogP contribution is 2.37. The summed E-state index contributed by atoms with van der Waals surface area (Å²) in [6.07, 6.45) is -6.94. The molecule has 4 rings (SSSR count). The smallest absolute Gasteiger partial charge is 0.162 e. The fourth-order valence-electron chi connectivity index (χ4n) is 2.55. The van der Waals surface area contributed by atoms with E-state index in [0.29, 0.717) is 0 Å². The molecule has 1 fully saturated rings. The van der Waals surface area contributed by atoms with Crippen molar-refractivity contribution in [2.24, 2.45) is 5.89 Å². The highest BCUT2D eigenvalue weighted by Gasteiger charge is 2.27. The van der Waals surface area contributed by atoms with E-state index in [1.807, 2.05) is 0 Å². The van der Waals surface area contributed by atoms with E-state index >= 15 is 0 Å². The molecule has 1 saturated carbocycles. The Morgan fingerprint density at radius 2 is 2.43 bits per heavy atom. The van der Waals surface area contributed by atoms with Gasteiger partial charge in [-0.3, -0.25) is 4.68 Å². The third kappa shape index (κ3) is 2.48. The maximum absolute atomic E-state index is 9.47. The lowest BCUT2D eigenvalue weighted by Crippen LogP contribution is -2.17. The molecule has 1 aromatic rings. The van der Waals surface area contributed by atoms with E-state index in [0.717, 1.165) is 4.68 Å². The van der Waals surface area contributed by atoms with Gasteiger partial charge in [-0.1, -0.05) is 12.7 Å². The van der Waals surface area contributed by atoms with E-state index in [2.05, 4.69) is 20.1 Å². The number of hydrogen-bond acceptors (Lipinski definition) is 4. The van der Waals surface area contributed by atoms with Crippen LogP contribution >= 0.6 is 0 Å². The summed E-state index contributed by atoms with van der Waals surface area (Å²) >= 11 is 0. The van der Waals surface area contributed by atoms with Crippen LogP contribution in [0.1, 0.15) is 51.7 Å². The molecule has 1 aromatic heterocycles. The average Bonchev–Trinajstić information content (AvgIpc) is 3.29. The van der Waals surface area contributed by atoms with Crippen LogP contribution in [-0.4, -0.2) is 24.7 Å². The summed E-state index contributed by atoms with van der Waals surface area (Å²) in [5.74, 6) is -2.04. The van der Waals surface area contributed by atoms with E-state index in [4.69, 9.17) is 13.7 Å². The number of hydrogen-bond donors (Lipinski definition) is 1. The minimum absolute atomic E-state index is 0.00505. The Balaban J connectivity index is 1.86. The molecule has 6 nitrogen and oxygen atoms in total. The number of rotatable bonds is 4. The first-order valence-electron chi connectivity index (χ1n) is 11.9. The highest BCUT2D eigenvalue weighted by molar-refractivity contribution is 5.77. The van der Waals surface area contributed by atoms with Crippen LogP contribution in [0.5, 0.6) is 0 Å². The van der Waals surface area contributed by atoms with Crippen molar-refractivity contribution >= 4 is 0 Å². The van der Waals surface area contributed by atoms with Crippen LogP contribution in [0.2, 0.25) is 0 Å². The molecule has 0 aromatic carbocycles. The number of nitrogens with one attached hydrogen (secondary N) is 1. The van der Waals surface area contributed by atoms with Crippen LogP contribution < -0.4 is 0 Å². The highest BCUT2D eigenvalue weighted by atomic mass is 15.3. The minimum atomic E-state index is -2.70. The summed E-state index contributed by atoms with van der Waals surface area (Å²) in [5.41, 5.74) is 0.548. The van der Waals surface area contributed by atoms with Crippen LogP contribution in [0.4, 0.5) is 0 Å². The first-order chi connectivity index (χ1) is 15.1. The Morgan fingerprint density at radius 3 is 3.26 bits per heavy atom. The van der Waals surface area contributed by atoms with Crippen molar-refractivity contribution in [1.82, 2.24) is 24.7 Å². The fourth-order valence-corrected chi connectivity index (χ4v) is 2.55. The van der Waals surface area contributed by atoms with E-state index in [1.165, 1.54) is 18.5 Å². The van der Waals surface area contributed by atoms with E-state index < -0.39 is 43.9 Å². The minimum Gasteiger partial charge on any atom is -0.345 e. The quantitative estimate of drug-likeness (QED) is 0.799. The number of aromatic nitrogens is 5. The van der Waals surface area contributed by atoms with Crippen molar-refractivity contribution in [2.75, 3.05) is 0 Å². The van der Waals surface area contributed by atoms with Gasteiger partial charge in [-0.2, -0.15) is 10.4 Å². The van der Waals surface area contributed by atoms with Gasteiger partial charge in [0.15, 0.2) is 5.82 Å². The topological polar surface area (TPSA) is 83.2 Å². The maximum Gasteiger partial charge on any atom is 0.162 e. The van der Waals surface area contributed by atoms with Crippen molar-refractivity contribution in [1.29, 1.82) is 5.26 Å². The first-order valence-corrected chi connectivity index (χ1v) is 6.91. The van der Waals surface area contributed by atoms with Crippen LogP contribution in [0, 0.1) is 17.2 Å². The number of nitrogens with zero attached hydrogens (tertiary/aromatic N) is 5. The van der Waals surface area contributed by atoms with E-state index in [9.17, 15) is 5.26 Å². The van der Waals surface area contributed by atoms with Crippen LogP contribution in [-0.2, 0) is 0 Å². The number of aromatic amines is 1. The zero-order valence-electron chi connectivity index (χ0n) is 21.9. The predicted octanol–water partition coefficient (Wildman–Crippen LogP) is 3.42.